The van der Waals surface area contributed by atoms with Crippen LogP contribution in [0, 0.1) is 0 Å². The fourth-order valence-electron chi connectivity index (χ4n) is 2.88. The van der Waals surface area contributed by atoms with E-state index in [-0.39, 0.29) is 0 Å². The SMILES string of the molecule is NC(=NCC1(N2CCOCC2)CC1)N1CCSCC1. The van der Waals surface area contributed by atoms with Gasteiger partial charge in [-0.3, -0.25) is 9.89 Å². The van der Waals surface area contributed by atoms with Crippen molar-refractivity contribution in [2.24, 2.45) is 10.7 Å². The lowest BCUT2D eigenvalue weighted by Crippen LogP contribution is -2.48. The van der Waals surface area contributed by atoms with E-state index in [0.29, 0.717) is 5.54 Å². The quantitative estimate of drug-likeness (QED) is 0.593. The predicted octanol–water partition coefficient (Wildman–Crippen LogP) is 0.215. The van der Waals surface area contributed by atoms with Crippen LogP contribution in [-0.2, 0) is 4.74 Å². The second-order valence-corrected chi connectivity index (χ2v) is 6.82. The molecule has 6 heteroatoms. The Morgan fingerprint density at radius 3 is 2.47 bits per heavy atom. The Bertz CT molecular complexity index is 334. The zero-order valence-electron chi connectivity index (χ0n) is 11.5. The molecule has 0 unspecified atom stereocenters. The highest BCUT2D eigenvalue weighted by Crippen LogP contribution is 2.42. The molecule has 19 heavy (non-hydrogen) atoms. The van der Waals surface area contributed by atoms with Crippen molar-refractivity contribution in [1.82, 2.24) is 9.80 Å². The van der Waals surface area contributed by atoms with Crippen molar-refractivity contribution >= 4 is 17.7 Å². The van der Waals surface area contributed by atoms with Crippen LogP contribution in [0.5, 0.6) is 0 Å². The Kier molecular flexibility index (Phi) is 4.19. The third kappa shape index (κ3) is 3.17. The summed E-state index contributed by atoms with van der Waals surface area (Å²) in [6.45, 7) is 6.79. The van der Waals surface area contributed by atoms with Gasteiger partial charge >= 0.3 is 0 Å². The molecule has 0 bridgehead atoms. The van der Waals surface area contributed by atoms with Gasteiger partial charge in [0.25, 0.3) is 0 Å². The summed E-state index contributed by atoms with van der Waals surface area (Å²) < 4.78 is 5.43. The number of nitrogens with zero attached hydrogens (tertiary/aromatic N) is 3. The average Bonchev–Trinajstić information content (AvgIpc) is 3.28. The number of hydrogen-bond donors (Lipinski definition) is 1. The number of thioether (sulfide) groups is 1. The van der Waals surface area contributed by atoms with E-state index in [2.05, 4.69) is 14.8 Å². The van der Waals surface area contributed by atoms with Gasteiger partial charge in [-0.1, -0.05) is 0 Å². The summed E-state index contributed by atoms with van der Waals surface area (Å²) in [5.41, 5.74) is 6.44. The maximum Gasteiger partial charge on any atom is 0.191 e. The summed E-state index contributed by atoms with van der Waals surface area (Å²) in [7, 11) is 0. The Morgan fingerprint density at radius 1 is 1.16 bits per heavy atom. The fourth-order valence-corrected chi connectivity index (χ4v) is 3.78. The number of hydrogen-bond acceptors (Lipinski definition) is 4. The van der Waals surface area contributed by atoms with Gasteiger partial charge in [-0.15, -0.1) is 0 Å². The lowest BCUT2D eigenvalue weighted by atomic mass is 10.2. The number of aliphatic imine (C=N–C) groups is 1. The largest absolute Gasteiger partial charge is 0.379 e. The van der Waals surface area contributed by atoms with E-state index in [1.165, 1.54) is 24.3 Å². The average molecular weight is 284 g/mol. The second kappa shape index (κ2) is 5.89. The maximum atomic E-state index is 6.14. The molecule has 2 N–H and O–H groups in total. The van der Waals surface area contributed by atoms with Gasteiger partial charge in [0, 0.05) is 43.2 Å². The molecule has 3 aliphatic rings. The van der Waals surface area contributed by atoms with Crippen LogP contribution in [-0.4, -0.2) is 78.7 Å². The van der Waals surface area contributed by atoms with Crippen molar-refractivity contribution in [2.45, 2.75) is 18.4 Å². The molecule has 1 aliphatic carbocycles. The number of guanidine groups is 1. The third-order valence-corrected chi connectivity index (χ3v) is 5.32. The van der Waals surface area contributed by atoms with E-state index in [9.17, 15) is 0 Å². The van der Waals surface area contributed by atoms with Crippen LogP contribution in [0.25, 0.3) is 0 Å². The van der Waals surface area contributed by atoms with E-state index in [1.807, 2.05) is 11.8 Å². The van der Waals surface area contributed by atoms with Crippen molar-refractivity contribution in [3.8, 4) is 0 Å². The van der Waals surface area contributed by atoms with Crippen LogP contribution in [0.15, 0.2) is 4.99 Å². The van der Waals surface area contributed by atoms with Gasteiger partial charge in [0.2, 0.25) is 0 Å². The molecule has 2 saturated heterocycles. The highest BCUT2D eigenvalue weighted by Gasteiger charge is 2.48. The number of nitrogens with two attached hydrogens (primary N) is 1. The Balaban J connectivity index is 1.55. The van der Waals surface area contributed by atoms with Crippen LogP contribution in [0.1, 0.15) is 12.8 Å². The molecule has 1 saturated carbocycles. The van der Waals surface area contributed by atoms with E-state index < -0.39 is 0 Å². The van der Waals surface area contributed by atoms with Crippen molar-refractivity contribution in [3.05, 3.63) is 0 Å². The van der Waals surface area contributed by atoms with E-state index in [4.69, 9.17) is 10.5 Å². The summed E-state index contributed by atoms with van der Waals surface area (Å²) in [6.07, 6.45) is 2.53. The molecule has 0 atom stereocenters. The molecule has 0 aromatic rings. The minimum atomic E-state index is 0.305. The molecule has 0 amide bonds. The second-order valence-electron chi connectivity index (χ2n) is 5.60. The molecule has 0 spiro atoms. The Hall–Kier alpha value is -0.460. The first kappa shape index (κ1) is 13.5. The summed E-state index contributed by atoms with van der Waals surface area (Å²) in [6, 6.07) is 0. The summed E-state index contributed by atoms with van der Waals surface area (Å²) in [5, 5.41) is 0. The highest BCUT2D eigenvalue weighted by atomic mass is 32.2. The van der Waals surface area contributed by atoms with Gasteiger partial charge in [-0.25, -0.2) is 0 Å². The summed E-state index contributed by atoms with van der Waals surface area (Å²) >= 11 is 2.00. The van der Waals surface area contributed by atoms with Crippen molar-refractivity contribution in [1.29, 1.82) is 0 Å². The topological polar surface area (TPSA) is 54.1 Å². The molecule has 2 heterocycles. The maximum absolute atomic E-state index is 6.14. The molecule has 0 aromatic carbocycles. The molecular weight excluding hydrogens is 260 g/mol. The fraction of sp³-hybridized carbons (Fsp3) is 0.923. The van der Waals surface area contributed by atoms with Crippen LogP contribution in [0.4, 0.5) is 0 Å². The number of morpholine rings is 1. The summed E-state index contributed by atoms with van der Waals surface area (Å²) in [4.78, 5) is 9.47. The first-order valence-electron chi connectivity index (χ1n) is 7.26. The normalized spacial score (nSPS) is 28.4. The number of ether oxygens (including phenoxy) is 1. The summed E-state index contributed by atoms with van der Waals surface area (Å²) in [5.74, 6) is 3.09. The van der Waals surface area contributed by atoms with Gasteiger partial charge in [-0.05, 0) is 12.8 Å². The minimum absolute atomic E-state index is 0.305. The lowest BCUT2D eigenvalue weighted by Gasteiger charge is -2.34. The Labute approximate surface area is 119 Å². The smallest absolute Gasteiger partial charge is 0.191 e. The van der Waals surface area contributed by atoms with Gasteiger partial charge in [0.1, 0.15) is 0 Å². The molecule has 108 valence electrons. The molecule has 2 aliphatic heterocycles. The van der Waals surface area contributed by atoms with Gasteiger partial charge in [0.05, 0.1) is 19.8 Å². The minimum Gasteiger partial charge on any atom is -0.379 e. The van der Waals surface area contributed by atoms with Gasteiger partial charge < -0.3 is 15.4 Å². The van der Waals surface area contributed by atoms with E-state index in [0.717, 1.165) is 51.9 Å². The van der Waals surface area contributed by atoms with Crippen LogP contribution in [0.2, 0.25) is 0 Å². The third-order valence-electron chi connectivity index (χ3n) is 4.38. The van der Waals surface area contributed by atoms with Crippen molar-refractivity contribution < 1.29 is 4.74 Å². The molecule has 5 nitrogen and oxygen atoms in total. The zero-order valence-corrected chi connectivity index (χ0v) is 12.3. The van der Waals surface area contributed by atoms with Crippen molar-refractivity contribution in [2.75, 3.05) is 57.4 Å². The molecule has 0 aromatic heterocycles. The lowest BCUT2D eigenvalue weighted by molar-refractivity contribution is 0.0117. The Morgan fingerprint density at radius 2 is 1.84 bits per heavy atom. The first-order valence-corrected chi connectivity index (χ1v) is 8.41. The van der Waals surface area contributed by atoms with E-state index in [1.54, 1.807) is 0 Å². The predicted molar refractivity (Wildman–Crippen MR) is 79.7 cm³/mol. The van der Waals surface area contributed by atoms with Gasteiger partial charge in [0.15, 0.2) is 5.96 Å². The molecule has 3 rings (SSSR count). The first-order chi connectivity index (χ1) is 9.30. The molecular formula is C13H24N4OS. The molecule has 3 fully saturated rings. The highest BCUT2D eigenvalue weighted by molar-refractivity contribution is 7.99. The van der Waals surface area contributed by atoms with Crippen LogP contribution in [0.3, 0.4) is 0 Å². The monoisotopic (exact) mass is 284 g/mol. The number of rotatable bonds is 3. The van der Waals surface area contributed by atoms with E-state index >= 15 is 0 Å². The van der Waals surface area contributed by atoms with Crippen LogP contribution < -0.4 is 5.73 Å². The molecule has 0 radical (unpaired) electrons. The zero-order chi connectivity index (χ0) is 13.1. The standard InChI is InChI=1S/C13H24N4OS/c14-12(16-5-9-19-10-6-16)15-11-13(1-2-13)17-3-7-18-8-4-17/h1-11H2,(H2,14,15). The van der Waals surface area contributed by atoms with Gasteiger partial charge in [-0.2, -0.15) is 11.8 Å². The van der Waals surface area contributed by atoms with Crippen LogP contribution >= 0.6 is 11.8 Å². The van der Waals surface area contributed by atoms with Crippen molar-refractivity contribution in [3.63, 3.8) is 0 Å².